The van der Waals surface area contributed by atoms with Crippen LogP contribution in [0.2, 0.25) is 15.1 Å². The van der Waals surface area contributed by atoms with E-state index in [1.54, 1.807) is 0 Å². The number of halogens is 4. The van der Waals surface area contributed by atoms with Gasteiger partial charge in [-0.05, 0) is 49.1 Å². The maximum absolute atomic E-state index is 14.9. The van der Waals surface area contributed by atoms with Crippen LogP contribution in [0.4, 0.5) is 4.39 Å². The number of rotatable bonds is 8. The van der Waals surface area contributed by atoms with Crippen LogP contribution in [0.15, 0.2) is 39.8 Å². The Morgan fingerprint density at radius 2 is 1.81 bits per heavy atom. The van der Waals surface area contributed by atoms with Gasteiger partial charge in [-0.15, -0.1) is 0 Å². The van der Waals surface area contributed by atoms with Crippen LogP contribution >= 0.6 is 34.8 Å². The molecule has 0 amide bonds. The van der Waals surface area contributed by atoms with Crippen LogP contribution in [0.25, 0.3) is 11.4 Å². The molecule has 13 heteroatoms. The lowest BCUT2D eigenvalue weighted by Crippen LogP contribution is -2.42. The van der Waals surface area contributed by atoms with Crippen LogP contribution in [-0.2, 0) is 21.2 Å². The lowest BCUT2D eigenvalue weighted by molar-refractivity contribution is -0.138. The largest absolute Gasteiger partial charge is 0.480 e. The number of carbonyl (C=O) groups is 1. The van der Waals surface area contributed by atoms with E-state index in [-0.39, 0.29) is 44.4 Å². The van der Waals surface area contributed by atoms with Crippen molar-refractivity contribution in [3.8, 4) is 11.4 Å². The Balaban J connectivity index is 1.53. The fourth-order valence-electron chi connectivity index (χ4n) is 4.17. The van der Waals surface area contributed by atoms with E-state index in [9.17, 15) is 22.7 Å². The molecule has 0 radical (unpaired) electrons. The maximum atomic E-state index is 14.9. The first-order valence-corrected chi connectivity index (χ1v) is 13.7. The minimum Gasteiger partial charge on any atom is -0.480 e. The molecule has 36 heavy (non-hydrogen) atoms. The summed E-state index contributed by atoms with van der Waals surface area (Å²) in [5.41, 5.74) is 0.326. The lowest BCUT2D eigenvalue weighted by atomic mass is 9.89. The van der Waals surface area contributed by atoms with E-state index >= 15 is 0 Å². The first kappa shape index (κ1) is 26.8. The van der Waals surface area contributed by atoms with Crippen LogP contribution in [0.3, 0.4) is 0 Å². The molecule has 0 bridgehead atoms. The third-order valence-electron chi connectivity index (χ3n) is 5.94. The monoisotopic (exact) mass is 575 g/mol. The first-order chi connectivity index (χ1) is 17.0. The second-order valence-electron chi connectivity index (χ2n) is 8.52. The summed E-state index contributed by atoms with van der Waals surface area (Å²) in [4.78, 5) is 15.7. The molecule has 1 aliphatic carbocycles. The molecule has 0 saturated heterocycles. The molecule has 2 aromatic carbocycles. The molecule has 1 fully saturated rings. The smallest absolute Gasteiger partial charge is 0.322 e. The summed E-state index contributed by atoms with van der Waals surface area (Å²) in [6.07, 6.45) is 4.87. The Bertz CT molecular complexity index is 1370. The normalized spacial score (nSPS) is 15.7. The summed E-state index contributed by atoms with van der Waals surface area (Å²) < 4.78 is 48.0. The standard InChI is InChI=1S/C23H21Cl3FN3O5S/c24-14-10-16(25)20(17(26)11-14)36(33,34)30-19(23(31)32)9-12-6-7-15(18(27)8-12)21-28-22(35-29-21)13-4-2-1-3-5-13/h6-8,10-11,13,19,30H,1-5,9H2,(H,31,32). The highest BCUT2D eigenvalue weighted by atomic mass is 35.5. The van der Waals surface area contributed by atoms with Gasteiger partial charge in [-0.1, -0.05) is 65.3 Å². The molecule has 1 atom stereocenters. The summed E-state index contributed by atoms with van der Waals surface area (Å²) >= 11 is 17.8. The average molecular weight is 577 g/mol. The van der Waals surface area contributed by atoms with E-state index in [4.69, 9.17) is 39.3 Å². The van der Waals surface area contributed by atoms with Crippen LogP contribution in [0, 0.1) is 5.82 Å². The minimum atomic E-state index is -4.45. The van der Waals surface area contributed by atoms with E-state index < -0.39 is 32.7 Å². The summed E-state index contributed by atoms with van der Waals surface area (Å²) in [6, 6.07) is 4.70. The Morgan fingerprint density at radius 3 is 2.42 bits per heavy atom. The van der Waals surface area contributed by atoms with Crippen LogP contribution in [0.5, 0.6) is 0 Å². The zero-order valence-corrected chi connectivity index (χ0v) is 21.8. The lowest BCUT2D eigenvalue weighted by Gasteiger charge is -2.17. The molecule has 1 aromatic heterocycles. The third kappa shape index (κ3) is 6.00. The van der Waals surface area contributed by atoms with Gasteiger partial charge in [0.05, 0.1) is 15.6 Å². The molecule has 192 valence electrons. The predicted octanol–water partition coefficient (Wildman–Crippen LogP) is 5.86. The second-order valence-corrected chi connectivity index (χ2v) is 11.4. The number of hydrogen-bond acceptors (Lipinski definition) is 6. The molecule has 1 heterocycles. The molecule has 3 aromatic rings. The number of benzene rings is 2. The van der Waals surface area contributed by atoms with Gasteiger partial charge in [-0.3, -0.25) is 4.79 Å². The summed E-state index contributed by atoms with van der Waals surface area (Å²) in [5, 5.41) is 13.1. The van der Waals surface area contributed by atoms with Gasteiger partial charge >= 0.3 is 5.97 Å². The van der Waals surface area contributed by atoms with Crippen molar-refractivity contribution in [2.45, 2.75) is 55.4 Å². The zero-order valence-electron chi connectivity index (χ0n) is 18.7. The van der Waals surface area contributed by atoms with Crippen LogP contribution in [-0.4, -0.2) is 35.7 Å². The minimum absolute atomic E-state index is 0.0942. The average Bonchev–Trinajstić information content (AvgIpc) is 3.28. The number of hydrogen-bond donors (Lipinski definition) is 2. The molecule has 1 unspecified atom stereocenters. The molecule has 4 rings (SSSR count). The molecule has 2 N–H and O–H groups in total. The fraction of sp³-hybridized carbons (Fsp3) is 0.348. The number of sulfonamides is 1. The highest BCUT2D eigenvalue weighted by Crippen LogP contribution is 2.34. The summed E-state index contributed by atoms with van der Waals surface area (Å²) in [5.74, 6) is -1.43. The van der Waals surface area contributed by atoms with Gasteiger partial charge in [-0.25, -0.2) is 12.8 Å². The van der Waals surface area contributed by atoms with Gasteiger partial charge < -0.3 is 9.63 Å². The van der Waals surface area contributed by atoms with Crippen molar-refractivity contribution in [2.24, 2.45) is 0 Å². The van der Waals surface area contributed by atoms with E-state index in [2.05, 4.69) is 14.9 Å². The SMILES string of the molecule is O=C(O)C(Cc1ccc(-c2noc(C3CCCCC3)n2)c(F)c1)NS(=O)(=O)c1c(Cl)cc(Cl)cc1Cl. The number of carboxylic acid groups (broad SMARTS) is 1. The molecule has 1 aliphatic rings. The van der Waals surface area contributed by atoms with Crippen molar-refractivity contribution in [2.75, 3.05) is 0 Å². The molecule has 0 spiro atoms. The van der Waals surface area contributed by atoms with Gasteiger partial charge in [0.1, 0.15) is 16.8 Å². The number of nitrogens with zero attached hydrogens (tertiary/aromatic N) is 2. The zero-order chi connectivity index (χ0) is 26.0. The van der Waals surface area contributed by atoms with Gasteiger partial charge in [0, 0.05) is 10.9 Å². The second kappa shape index (κ2) is 11.0. The quantitative estimate of drug-likeness (QED) is 0.344. The number of carboxylic acids is 1. The van der Waals surface area contributed by atoms with Crippen molar-refractivity contribution < 1.29 is 27.2 Å². The van der Waals surface area contributed by atoms with Crippen molar-refractivity contribution in [1.82, 2.24) is 14.9 Å². The van der Waals surface area contributed by atoms with Crippen molar-refractivity contribution in [1.29, 1.82) is 0 Å². The van der Waals surface area contributed by atoms with E-state index in [1.807, 2.05) is 0 Å². The van der Waals surface area contributed by atoms with Crippen molar-refractivity contribution in [3.05, 3.63) is 62.7 Å². The Kier molecular flexibility index (Phi) is 8.21. The topological polar surface area (TPSA) is 122 Å². The van der Waals surface area contributed by atoms with Gasteiger partial charge in [0.25, 0.3) is 0 Å². The third-order valence-corrected chi connectivity index (χ3v) is 8.55. The highest BCUT2D eigenvalue weighted by molar-refractivity contribution is 7.89. The van der Waals surface area contributed by atoms with Crippen LogP contribution < -0.4 is 4.72 Å². The number of nitrogens with one attached hydrogen (secondary N) is 1. The molecule has 1 saturated carbocycles. The van der Waals surface area contributed by atoms with Gasteiger partial charge in [-0.2, -0.15) is 9.71 Å². The van der Waals surface area contributed by atoms with Crippen molar-refractivity contribution >= 4 is 50.8 Å². The fourth-order valence-corrected chi connectivity index (χ4v) is 6.91. The maximum Gasteiger partial charge on any atom is 0.322 e. The predicted molar refractivity (Wildman–Crippen MR) is 132 cm³/mol. The number of aliphatic carboxylic acids is 1. The van der Waals surface area contributed by atoms with Crippen LogP contribution in [0.1, 0.15) is 49.5 Å². The van der Waals surface area contributed by atoms with E-state index in [0.717, 1.165) is 31.7 Å². The highest BCUT2D eigenvalue weighted by Gasteiger charge is 2.30. The molecule has 0 aliphatic heterocycles. The summed E-state index contributed by atoms with van der Waals surface area (Å²) in [7, 11) is -4.45. The molecular formula is C23H21Cl3FN3O5S. The Hall–Kier alpha value is -2.24. The van der Waals surface area contributed by atoms with E-state index in [1.165, 1.54) is 30.7 Å². The Labute approximate surface area is 221 Å². The van der Waals surface area contributed by atoms with E-state index in [0.29, 0.717) is 5.89 Å². The Morgan fingerprint density at radius 1 is 1.14 bits per heavy atom. The molecule has 8 nitrogen and oxygen atoms in total. The number of aromatic nitrogens is 2. The summed E-state index contributed by atoms with van der Waals surface area (Å²) in [6.45, 7) is 0. The first-order valence-electron chi connectivity index (χ1n) is 11.1. The van der Waals surface area contributed by atoms with Gasteiger partial charge in [0.15, 0.2) is 0 Å². The van der Waals surface area contributed by atoms with Gasteiger partial charge in [0.2, 0.25) is 21.7 Å². The molecular weight excluding hydrogens is 556 g/mol. The van der Waals surface area contributed by atoms with Crippen molar-refractivity contribution in [3.63, 3.8) is 0 Å².